The maximum atomic E-state index is 10.9. The van der Waals surface area contributed by atoms with Crippen LogP contribution in [-0.2, 0) is 4.79 Å². The van der Waals surface area contributed by atoms with E-state index < -0.39 is 11.4 Å². The minimum atomic E-state index is -0.624. The molecule has 0 aromatic carbocycles. The fraction of sp³-hybridized carbons (Fsp3) is 0.400. The van der Waals surface area contributed by atoms with E-state index in [2.05, 4.69) is 15.3 Å². The van der Waals surface area contributed by atoms with Gasteiger partial charge in [0, 0.05) is 12.0 Å². The Hall–Kier alpha value is -1.69. The highest BCUT2D eigenvalue weighted by atomic mass is 35.5. The first-order chi connectivity index (χ1) is 7.85. The van der Waals surface area contributed by atoms with Gasteiger partial charge in [-0.05, 0) is 13.8 Å². The molecule has 3 N–H and O–H groups in total. The predicted molar refractivity (Wildman–Crippen MR) is 63.9 cm³/mol. The van der Waals surface area contributed by atoms with Crippen molar-refractivity contribution < 1.29 is 9.59 Å². The topological polar surface area (TPSA) is 98.0 Å². The zero-order valence-electron chi connectivity index (χ0n) is 9.53. The first-order valence-corrected chi connectivity index (χ1v) is 5.25. The molecule has 7 heteroatoms. The molecule has 0 aliphatic heterocycles. The largest absolute Gasteiger partial charge is 0.370 e. The van der Waals surface area contributed by atoms with Gasteiger partial charge in [0.1, 0.15) is 17.3 Å². The lowest BCUT2D eigenvalue weighted by Crippen LogP contribution is -2.36. The predicted octanol–water partition coefficient (Wildman–Crippen LogP) is 1.01. The molecule has 6 nitrogen and oxygen atoms in total. The molecule has 92 valence electrons. The van der Waals surface area contributed by atoms with Crippen molar-refractivity contribution in [2.45, 2.75) is 25.8 Å². The Balaban J connectivity index is 2.98. The van der Waals surface area contributed by atoms with Crippen LogP contribution in [0.4, 0.5) is 5.82 Å². The van der Waals surface area contributed by atoms with Gasteiger partial charge in [-0.15, -0.1) is 0 Å². The van der Waals surface area contributed by atoms with Crippen molar-refractivity contribution in [2.24, 2.45) is 5.73 Å². The number of nitrogens with zero attached hydrogens (tertiary/aromatic N) is 2. The summed E-state index contributed by atoms with van der Waals surface area (Å²) in [5.41, 5.74) is 4.66. The summed E-state index contributed by atoms with van der Waals surface area (Å²) in [5.74, 6) is -0.165. The van der Waals surface area contributed by atoms with Crippen LogP contribution in [0.2, 0.25) is 5.15 Å². The van der Waals surface area contributed by atoms with E-state index >= 15 is 0 Å². The summed E-state index contributed by atoms with van der Waals surface area (Å²) in [6.45, 7) is 3.53. The van der Waals surface area contributed by atoms with Gasteiger partial charge in [0.05, 0.1) is 5.56 Å². The number of amides is 1. The number of nitrogens with one attached hydrogen (secondary N) is 1. The monoisotopic (exact) mass is 256 g/mol. The molecule has 1 rings (SSSR count). The Morgan fingerprint density at radius 1 is 1.59 bits per heavy atom. The highest BCUT2D eigenvalue weighted by molar-refractivity contribution is 6.32. The standard InChI is InChI=1S/C10H13ClN4O2/c1-10(2,3-7(12)17)15-9-6(4-16)8(11)13-5-14-9/h4-5H,3H2,1-2H3,(H2,12,17)(H,13,14,15). The van der Waals surface area contributed by atoms with Crippen LogP contribution >= 0.6 is 11.6 Å². The molecule has 0 aliphatic rings. The van der Waals surface area contributed by atoms with Gasteiger partial charge >= 0.3 is 0 Å². The Labute approximate surface area is 104 Å². The van der Waals surface area contributed by atoms with E-state index in [4.69, 9.17) is 17.3 Å². The molecular formula is C10H13ClN4O2. The lowest BCUT2D eigenvalue weighted by molar-refractivity contribution is -0.118. The summed E-state index contributed by atoms with van der Waals surface area (Å²) in [4.78, 5) is 29.3. The van der Waals surface area contributed by atoms with E-state index in [1.54, 1.807) is 13.8 Å². The third kappa shape index (κ3) is 3.67. The third-order valence-corrected chi connectivity index (χ3v) is 2.33. The maximum Gasteiger partial charge on any atom is 0.219 e. The Bertz CT molecular complexity index is 448. The van der Waals surface area contributed by atoms with Crippen molar-refractivity contribution in [3.63, 3.8) is 0 Å². The first-order valence-electron chi connectivity index (χ1n) is 4.88. The molecule has 1 heterocycles. The normalized spacial score (nSPS) is 11.0. The average Bonchev–Trinajstić information content (AvgIpc) is 2.14. The zero-order valence-corrected chi connectivity index (χ0v) is 10.3. The molecule has 1 amide bonds. The van der Waals surface area contributed by atoms with Crippen molar-refractivity contribution in [1.82, 2.24) is 9.97 Å². The number of hydrogen-bond donors (Lipinski definition) is 2. The highest BCUT2D eigenvalue weighted by Gasteiger charge is 2.22. The number of halogens is 1. The van der Waals surface area contributed by atoms with Gasteiger partial charge in [-0.25, -0.2) is 9.97 Å². The number of nitrogens with two attached hydrogens (primary N) is 1. The number of carbonyl (C=O) groups excluding carboxylic acids is 2. The van der Waals surface area contributed by atoms with Crippen molar-refractivity contribution in [3.8, 4) is 0 Å². The van der Waals surface area contributed by atoms with Crippen LogP contribution in [-0.4, -0.2) is 27.7 Å². The van der Waals surface area contributed by atoms with E-state index in [-0.39, 0.29) is 23.0 Å². The summed E-state index contributed by atoms with van der Waals surface area (Å²) in [7, 11) is 0. The number of aldehydes is 1. The van der Waals surface area contributed by atoms with Crippen LogP contribution in [0.3, 0.4) is 0 Å². The second kappa shape index (κ2) is 5.09. The van der Waals surface area contributed by atoms with Gasteiger partial charge in [0.25, 0.3) is 0 Å². The van der Waals surface area contributed by atoms with Gasteiger partial charge in [-0.2, -0.15) is 0 Å². The summed E-state index contributed by atoms with van der Waals surface area (Å²) in [6.07, 6.45) is 1.90. The van der Waals surface area contributed by atoms with Crippen molar-refractivity contribution >= 4 is 29.6 Å². The number of primary amides is 1. The molecule has 0 bridgehead atoms. The van der Waals surface area contributed by atoms with Crippen molar-refractivity contribution in [2.75, 3.05) is 5.32 Å². The Kier molecular flexibility index (Phi) is 4.01. The van der Waals surface area contributed by atoms with Crippen molar-refractivity contribution in [3.05, 3.63) is 17.0 Å². The van der Waals surface area contributed by atoms with Crippen LogP contribution in [0.15, 0.2) is 6.33 Å². The summed E-state index contributed by atoms with van der Waals surface area (Å²) in [6, 6.07) is 0. The van der Waals surface area contributed by atoms with Crippen LogP contribution in [0.25, 0.3) is 0 Å². The molecule has 0 atom stereocenters. The molecule has 0 saturated carbocycles. The molecule has 0 spiro atoms. The first kappa shape index (κ1) is 13.4. The van der Waals surface area contributed by atoms with Gasteiger partial charge < -0.3 is 11.1 Å². The molecule has 0 aliphatic carbocycles. The second-order valence-electron chi connectivity index (χ2n) is 4.20. The Morgan fingerprint density at radius 2 is 2.24 bits per heavy atom. The molecule has 1 aromatic rings. The average molecular weight is 257 g/mol. The zero-order chi connectivity index (χ0) is 13.1. The van der Waals surface area contributed by atoms with E-state index in [0.29, 0.717) is 6.29 Å². The molecule has 0 radical (unpaired) electrons. The van der Waals surface area contributed by atoms with Gasteiger partial charge in [0.15, 0.2) is 6.29 Å². The summed E-state index contributed by atoms with van der Waals surface area (Å²) in [5, 5.41) is 3.00. The SMILES string of the molecule is CC(C)(CC(N)=O)Nc1ncnc(Cl)c1C=O. The van der Waals surface area contributed by atoms with Crippen LogP contribution in [0.5, 0.6) is 0 Å². The molecular weight excluding hydrogens is 244 g/mol. The van der Waals surface area contributed by atoms with E-state index in [0.717, 1.165) is 0 Å². The van der Waals surface area contributed by atoms with Gasteiger partial charge in [-0.1, -0.05) is 11.6 Å². The van der Waals surface area contributed by atoms with Crippen LogP contribution in [0, 0.1) is 0 Å². The number of aromatic nitrogens is 2. The number of anilines is 1. The Morgan fingerprint density at radius 3 is 2.76 bits per heavy atom. The lowest BCUT2D eigenvalue weighted by atomic mass is 10.00. The number of rotatable bonds is 5. The fourth-order valence-electron chi connectivity index (χ4n) is 1.38. The molecule has 17 heavy (non-hydrogen) atoms. The van der Waals surface area contributed by atoms with Crippen molar-refractivity contribution in [1.29, 1.82) is 0 Å². The molecule has 0 unspecified atom stereocenters. The van der Waals surface area contributed by atoms with Gasteiger partial charge in [0.2, 0.25) is 5.91 Å². The van der Waals surface area contributed by atoms with Crippen LogP contribution in [0.1, 0.15) is 30.6 Å². The van der Waals surface area contributed by atoms with Gasteiger partial charge in [-0.3, -0.25) is 9.59 Å². The lowest BCUT2D eigenvalue weighted by Gasteiger charge is -2.25. The van der Waals surface area contributed by atoms with E-state index in [1.165, 1.54) is 6.33 Å². The van der Waals surface area contributed by atoms with E-state index in [9.17, 15) is 9.59 Å². The second-order valence-corrected chi connectivity index (χ2v) is 4.55. The minimum Gasteiger partial charge on any atom is -0.370 e. The minimum absolute atomic E-state index is 0.0624. The highest BCUT2D eigenvalue weighted by Crippen LogP contribution is 2.22. The quantitative estimate of drug-likeness (QED) is 0.605. The smallest absolute Gasteiger partial charge is 0.219 e. The number of carbonyl (C=O) groups is 2. The van der Waals surface area contributed by atoms with E-state index in [1.807, 2.05) is 0 Å². The summed E-state index contributed by atoms with van der Waals surface area (Å²) < 4.78 is 0. The maximum absolute atomic E-state index is 10.9. The third-order valence-electron chi connectivity index (χ3n) is 2.03. The number of hydrogen-bond acceptors (Lipinski definition) is 5. The summed E-state index contributed by atoms with van der Waals surface area (Å²) >= 11 is 5.75. The molecule has 1 aromatic heterocycles. The van der Waals surface area contributed by atoms with Crippen LogP contribution < -0.4 is 11.1 Å². The molecule has 0 saturated heterocycles. The molecule has 0 fully saturated rings. The fourth-order valence-corrected chi connectivity index (χ4v) is 1.56.